The summed E-state index contributed by atoms with van der Waals surface area (Å²) in [7, 11) is 0. The Morgan fingerprint density at radius 2 is 1.44 bits per heavy atom. The highest BCUT2D eigenvalue weighted by Gasteiger charge is 2.30. The number of carbonyl (C=O) groups excluding carboxylic acids is 1. The molecular formula is C27H34F3N3O. The number of alkyl halides is 3. The summed E-state index contributed by atoms with van der Waals surface area (Å²) in [4.78, 5) is 17.7. The Labute approximate surface area is 200 Å². The van der Waals surface area contributed by atoms with Crippen LogP contribution in [0.4, 0.5) is 13.2 Å². The minimum atomic E-state index is -4.34. The number of piperidine rings is 2. The molecule has 2 heterocycles. The predicted octanol–water partition coefficient (Wildman–Crippen LogP) is 5.44. The van der Waals surface area contributed by atoms with E-state index in [1.54, 1.807) is 24.3 Å². The number of amides is 1. The zero-order valence-corrected chi connectivity index (χ0v) is 19.6. The van der Waals surface area contributed by atoms with Crippen molar-refractivity contribution < 1.29 is 18.0 Å². The Morgan fingerprint density at radius 1 is 0.853 bits per heavy atom. The Balaban J connectivity index is 1.17. The third-order valence-corrected chi connectivity index (χ3v) is 7.09. The smallest absolute Gasteiger partial charge is 0.352 e. The molecule has 0 aromatic heterocycles. The molecule has 34 heavy (non-hydrogen) atoms. The van der Waals surface area contributed by atoms with Gasteiger partial charge >= 0.3 is 6.18 Å². The summed E-state index contributed by atoms with van der Waals surface area (Å²) in [6, 6.07) is 12.8. The first-order valence-electron chi connectivity index (χ1n) is 12.4. The summed E-state index contributed by atoms with van der Waals surface area (Å²) in [5, 5.41) is 2.98. The van der Waals surface area contributed by atoms with E-state index in [0.717, 1.165) is 49.8 Å². The van der Waals surface area contributed by atoms with Gasteiger partial charge in [0, 0.05) is 18.2 Å². The average molecular weight is 474 g/mol. The van der Waals surface area contributed by atoms with E-state index in [2.05, 4.69) is 15.1 Å². The molecule has 0 atom stereocenters. The second-order valence-corrected chi connectivity index (χ2v) is 9.43. The first-order chi connectivity index (χ1) is 16.4. The molecule has 7 heteroatoms. The summed E-state index contributed by atoms with van der Waals surface area (Å²) in [6.07, 6.45) is 3.14. The Morgan fingerprint density at radius 3 is 2.03 bits per heavy atom. The molecule has 0 unspecified atom stereocenters. The van der Waals surface area contributed by atoms with E-state index in [0.29, 0.717) is 17.7 Å². The second kappa shape index (κ2) is 11.4. The fourth-order valence-corrected chi connectivity index (χ4v) is 5.06. The number of rotatable bonds is 7. The van der Waals surface area contributed by atoms with Crippen LogP contribution in [0.1, 0.15) is 54.4 Å². The Bertz CT molecular complexity index is 914. The highest BCUT2D eigenvalue weighted by molar-refractivity contribution is 5.94. The van der Waals surface area contributed by atoms with Crippen molar-refractivity contribution in [3.05, 3.63) is 59.7 Å². The van der Waals surface area contributed by atoms with Gasteiger partial charge in [0.2, 0.25) is 0 Å². The normalized spacial score (nSPS) is 18.7. The van der Waals surface area contributed by atoms with Gasteiger partial charge in [-0.15, -0.1) is 0 Å². The molecule has 2 fully saturated rings. The quantitative estimate of drug-likeness (QED) is 0.544. The van der Waals surface area contributed by atoms with Crippen LogP contribution >= 0.6 is 0 Å². The highest BCUT2D eigenvalue weighted by Crippen LogP contribution is 2.31. The van der Waals surface area contributed by atoms with Crippen LogP contribution in [-0.2, 0) is 6.18 Å². The summed E-state index contributed by atoms with van der Waals surface area (Å²) in [5.41, 5.74) is 1.35. The first kappa shape index (κ1) is 24.7. The number of nitrogens with zero attached hydrogens (tertiary/aromatic N) is 2. The van der Waals surface area contributed by atoms with Crippen molar-refractivity contribution >= 4 is 5.91 Å². The lowest BCUT2D eigenvalue weighted by Crippen LogP contribution is -2.47. The average Bonchev–Trinajstić information content (AvgIpc) is 2.87. The van der Waals surface area contributed by atoms with E-state index < -0.39 is 11.7 Å². The molecule has 0 aliphatic carbocycles. The van der Waals surface area contributed by atoms with Crippen molar-refractivity contribution in [1.29, 1.82) is 0 Å². The number of hydrogen-bond acceptors (Lipinski definition) is 3. The lowest BCUT2D eigenvalue weighted by molar-refractivity contribution is -0.137. The molecule has 0 bridgehead atoms. The molecule has 4 rings (SSSR count). The van der Waals surface area contributed by atoms with Crippen LogP contribution in [0.5, 0.6) is 0 Å². The molecular weight excluding hydrogens is 439 g/mol. The molecule has 0 spiro atoms. The van der Waals surface area contributed by atoms with Crippen molar-refractivity contribution in [2.75, 3.05) is 39.3 Å². The lowest BCUT2D eigenvalue weighted by atomic mass is 10.00. The fraction of sp³-hybridized carbons (Fsp3) is 0.519. The second-order valence-electron chi connectivity index (χ2n) is 9.43. The van der Waals surface area contributed by atoms with Crippen LogP contribution in [0.3, 0.4) is 0 Å². The fourth-order valence-electron chi connectivity index (χ4n) is 5.06. The molecule has 1 amide bonds. The highest BCUT2D eigenvalue weighted by atomic mass is 19.4. The third kappa shape index (κ3) is 6.60. The van der Waals surface area contributed by atoms with Crippen LogP contribution < -0.4 is 5.32 Å². The predicted molar refractivity (Wildman–Crippen MR) is 129 cm³/mol. The zero-order valence-electron chi connectivity index (χ0n) is 19.6. The molecule has 0 radical (unpaired) electrons. The summed E-state index contributed by atoms with van der Waals surface area (Å²) < 4.78 is 38.2. The van der Waals surface area contributed by atoms with Gasteiger partial charge in [0.25, 0.3) is 5.91 Å². The van der Waals surface area contributed by atoms with E-state index >= 15 is 0 Å². The van der Waals surface area contributed by atoms with Crippen molar-refractivity contribution in [3.8, 4) is 11.1 Å². The Hall–Kier alpha value is -2.38. The summed E-state index contributed by atoms with van der Waals surface area (Å²) in [6.45, 7) is 6.44. The summed E-state index contributed by atoms with van der Waals surface area (Å²) >= 11 is 0. The minimum Gasteiger partial charge on any atom is -0.352 e. The Kier molecular flexibility index (Phi) is 8.27. The van der Waals surface area contributed by atoms with Crippen LogP contribution in [0, 0.1) is 0 Å². The molecule has 2 aromatic rings. The van der Waals surface area contributed by atoms with Gasteiger partial charge in [-0.3, -0.25) is 4.79 Å². The minimum absolute atomic E-state index is 0.122. The van der Waals surface area contributed by atoms with Crippen molar-refractivity contribution in [2.24, 2.45) is 0 Å². The van der Waals surface area contributed by atoms with Gasteiger partial charge in [-0.25, -0.2) is 0 Å². The lowest BCUT2D eigenvalue weighted by Gasteiger charge is -2.40. The van der Waals surface area contributed by atoms with Gasteiger partial charge in [-0.05, 0) is 100 Å². The standard InChI is InChI=1S/C27H34F3N3O/c28-27(29,30)24-11-9-22(10-12-24)21-5-7-23(8-6-21)26(34)31-15-4-16-32-19-13-25(14-20-32)33-17-2-1-3-18-33/h5-12,25H,1-4,13-20H2,(H,31,34). The maximum absolute atomic E-state index is 12.7. The number of carbonyl (C=O) groups is 1. The number of hydrogen-bond donors (Lipinski definition) is 1. The van der Waals surface area contributed by atoms with E-state index in [4.69, 9.17) is 0 Å². The maximum atomic E-state index is 12.7. The maximum Gasteiger partial charge on any atom is 0.416 e. The van der Waals surface area contributed by atoms with E-state index in [1.807, 2.05) is 0 Å². The van der Waals surface area contributed by atoms with Gasteiger partial charge in [0.05, 0.1) is 5.56 Å². The number of benzene rings is 2. The molecule has 0 saturated carbocycles. The topological polar surface area (TPSA) is 35.6 Å². The molecule has 1 N–H and O–H groups in total. The summed E-state index contributed by atoms with van der Waals surface area (Å²) in [5.74, 6) is -0.122. The van der Waals surface area contributed by atoms with Gasteiger partial charge in [-0.1, -0.05) is 30.7 Å². The molecule has 2 aliphatic rings. The number of likely N-dealkylation sites (tertiary alicyclic amines) is 2. The number of nitrogens with one attached hydrogen (secondary N) is 1. The van der Waals surface area contributed by atoms with E-state index in [-0.39, 0.29) is 5.91 Å². The van der Waals surface area contributed by atoms with Crippen LogP contribution in [-0.4, -0.2) is 61.0 Å². The van der Waals surface area contributed by atoms with Crippen LogP contribution in [0.15, 0.2) is 48.5 Å². The largest absolute Gasteiger partial charge is 0.416 e. The van der Waals surface area contributed by atoms with E-state index in [9.17, 15) is 18.0 Å². The van der Waals surface area contributed by atoms with Crippen molar-refractivity contribution in [2.45, 2.75) is 50.7 Å². The molecule has 2 saturated heterocycles. The van der Waals surface area contributed by atoms with Crippen LogP contribution in [0.2, 0.25) is 0 Å². The van der Waals surface area contributed by atoms with Gasteiger partial charge in [0.15, 0.2) is 0 Å². The van der Waals surface area contributed by atoms with Crippen molar-refractivity contribution in [1.82, 2.24) is 15.1 Å². The van der Waals surface area contributed by atoms with Gasteiger partial charge in [0.1, 0.15) is 0 Å². The number of halogens is 3. The molecule has 184 valence electrons. The van der Waals surface area contributed by atoms with E-state index in [1.165, 1.54) is 57.3 Å². The SMILES string of the molecule is O=C(NCCCN1CCC(N2CCCCC2)CC1)c1ccc(-c2ccc(C(F)(F)F)cc2)cc1. The molecule has 2 aromatic carbocycles. The zero-order chi connectivity index (χ0) is 24.0. The molecule has 2 aliphatic heterocycles. The molecule has 4 nitrogen and oxygen atoms in total. The first-order valence-corrected chi connectivity index (χ1v) is 12.4. The van der Waals surface area contributed by atoms with Crippen molar-refractivity contribution in [3.63, 3.8) is 0 Å². The third-order valence-electron chi connectivity index (χ3n) is 7.09. The van der Waals surface area contributed by atoms with Gasteiger partial charge in [-0.2, -0.15) is 13.2 Å². The van der Waals surface area contributed by atoms with Crippen LogP contribution in [0.25, 0.3) is 11.1 Å². The monoisotopic (exact) mass is 473 g/mol. The van der Waals surface area contributed by atoms with Gasteiger partial charge < -0.3 is 15.1 Å².